The molecule has 6 heteroatoms. The molecule has 1 aromatic rings. The quantitative estimate of drug-likeness (QED) is 0.875. The minimum Gasteiger partial charge on any atom is -0.491 e. The molecule has 1 aromatic carbocycles. The fraction of sp³-hybridized carbons (Fsp3) is 0.529. The Balaban J connectivity index is 1.92. The molecule has 1 aliphatic heterocycles. The van der Waals surface area contributed by atoms with E-state index in [1.165, 1.54) is 6.07 Å². The Morgan fingerprint density at radius 1 is 1.43 bits per heavy atom. The Morgan fingerprint density at radius 2 is 2.22 bits per heavy atom. The van der Waals surface area contributed by atoms with Gasteiger partial charge in [-0.2, -0.15) is 0 Å². The fourth-order valence-corrected chi connectivity index (χ4v) is 2.63. The molecule has 1 unspecified atom stereocenters. The van der Waals surface area contributed by atoms with Crippen molar-refractivity contribution >= 4 is 11.8 Å². The summed E-state index contributed by atoms with van der Waals surface area (Å²) in [6, 6.07) is 4.31. The molecule has 1 N–H and O–H groups in total. The summed E-state index contributed by atoms with van der Waals surface area (Å²) in [6.45, 7) is 4.65. The number of carbonyl (C=O) groups excluding carboxylic acids is 2. The lowest BCUT2D eigenvalue weighted by Gasteiger charge is -2.26. The third-order valence-electron chi connectivity index (χ3n) is 3.89. The van der Waals surface area contributed by atoms with Gasteiger partial charge in [-0.25, -0.2) is 4.39 Å². The Hall–Kier alpha value is -2.11. The van der Waals surface area contributed by atoms with Crippen LogP contribution in [0.2, 0.25) is 0 Å². The average molecular weight is 322 g/mol. The van der Waals surface area contributed by atoms with Gasteiger partial charge in [-0.15, -0.1) is 0 Å². The maximum atomic E-state index is 13.9. The number of hydrogen-bond acceptors (Lipinski definition) is 3. The summed E-state index contributed by atoms with van der Waals surface area (Å²) in [5.74, 6) is -0.460. The Bertz CT molecular complexity index is 577. The number of piperidine rings is 1. The van der Waals surface area contributed by atoms with Crippen LogP contribution in [-0.4, -0.2) is 36.4 Å². The van der Waals surface area contributed by atoms with Crippen LogP contribution in [0.4, 0.5) is 4.39 Å². The van der Waals surface area contributed by atoms with Crippen LogP contribution in [0.3, 0.4) is 0 Å². The molecule has 1 atom stereocenters. The summed E-state index contributed by atoms with van der Waals surface area (Å²) in [5, 5.41) is 2.80. The van der Waals surface area contributed by atoms with Crippen molar-refractivity contribution in [1.82, 2.24) is 10.2 Å². The van der Waals surface area contributed by atoms with Gasteiger partial charge < -0.3 is 15.0 Å². The highest BCUT2D eigenvalue weighted by Gasteiger charge is 2.21. The van der Waals surface area contributed by atoms with Gasteiger partial charge in [-0.1, -0.05) is 6.07 Å². The van der Waals surface area contributed by atoms with Crippen molar-refractivity contribution in [2.45, 2.75) is 39.2 Å². The minimum atomic E-state index is -0.448. The number of ether oxygens (including phenoxy) is 1. The first-order valence-electron chi connectivity index (χ1n) is 8.00. The molecule has 23 heavy (non-hydrogen) atoms. The van der Waals surface area contributed by atoms with Gasteiger partial charge in [0.05, 0.1) is 19.2 Å². The third-order valence-corrected chi connectivity index (χ3v) is 3.89. The Kier molecular flexibility index (Phi) is 5.96. The molecule has 1 saturated heterocycles. The lowest BCUT2D eigenvalue weighted by Crippen LogP contribution is -2.43. The van der Waals surface area contributed by atoms with Crippen LogP contribution in [0.25, 0.3) is 0 Å². The lowest BCUT2D eigenvalue weighted by atomic mass is 10.1. The molecular weight excluding hydrogens is 299 g/mol. The zero-order chi connectivity index (χ0) is 16.8. The molecular formula is C17H23FN2O3. The molecule has 0 saturated carbocycles. The van der Waals surface area contributed by atoms with Crippen LogP contribution in [-0.2, 0) is 9.59 Å². The van der Waals surface area contributed by atoms with E-state index in [4.69, 9.17) is 4.74 Å². The summed E-state index contributed by atoms with van der Waals surface area (Å²) < 4.78 is 19.0. The highest BCUT2D eigenvalue weighted by molar-refractivity contribution is 5.85. The summed E-state index contributed by atoms with van der Waals surface area (Å²) in [4.78, 5) is 25.4. The minimum absolute atomic E-state index is 0.0196. The zero-order valence-corrected chi connectivity index (χ0v) is 13.6. The number of benzene rings is 1. The molecule has 0 aliphatic carbocycles. The van der Waals surface area contributed by atoms with Gasteiger partial charge in [0.25, 0.3) is 0 Å². The maximum Gasteiger partial charge on any atom is 0.240 e. The molecule has 0 spiro atoms. The Labute approximate surface area is 135 Å². The first kappa shape index (κ1) is 17.2. The number of amides is 2. The molecule has 1 aliphatic rings. The van der Waals surface area contributed by atoms with Gasteiger partial charge in [0.15, 0.2) is 11.6 Å². The van der Waals surface area contributed by atoms with E-state index in [0.29, 0.717) is 25.1 Å². The van der Waals surface area contributed by atoms with Crippen LogP contribution < -0.4 is 10.1 Å². The lowest BCUT2D eigenvalue weighted by molar-refractivity contribution is -0.138. The van der Waals surface area contributed by atoms with Crippen molar-refractivity contribution in [2.24, 2.45) is 0 Å². The summed E-state index contributed by atoms with van der Waals surface area (Å²) in [5.41, 5.74) is 0.657. The summed E-state index contributed by atoms with van der Waals surface area (Å²) in [6.07, 6.45) is 2.32. The number of nitrogens with zero attached hydrogens (tertiary/aromatic N) is 1. The van der Waals surface area contributed by atoms with Crippen molar-refractivity contribution in [3.05, 3.63) is 29.6 Å². The molecule has 2 amide bonds. The smallest absolute Gasteiger partial charge is 0.240 e. The van der Waals surface area contributed by atoms with E-state index < -0.39 is 5.82 Å². The molecule has 5 nitrogen and oxygen atoms in total. The second kappa shape index (κ2) is 7.94. The van der Waals surface area contributed by atoms with Crippen molar-refractivity contribution in [2.75, 3.05) is 19.7 Å². The van der Waals surface area contributed by atoms with Crippen LogP contribution in [0.1, 0.15) is 44.7 Å². The first-order valence-corrected chi connectivity index (χ1v) is 8.00. The number of likely N-dealkylation sites (tertiary alicyclic amines) is 1. The highest BCUT2D eigenvalue weighted by Crippen LogP contribution is 2.22. The van der Waals surface area contributed by atoms with Crippen molar-refractivity contribution < 1.29 is 18.7 Å². The monoisotopic (exact) mass is 322 g/mol. The highest BCUT2D eigenvalue weighted by atomic mass is 19.1. The van der Waals surface area contributed by atoms with Crippen LogP contribution in [0.5, 0.6) is 5.75 Å². The number of halogens is 1. The van der Waals surface area contributed by atoms with Gasteiger partial charge in [0, 0.05) is 13.0 Å². The van der Waals surface area contributed by atoms with Crippen LogP contribution in [0, 0.1) is 5.82 Å². The van der Waals surface area contributed by atoms with E-state index in [9.17, 15) is 14.0 Å². The molecule has 0 aromatic heterocycles. The number of nitrogens with one attached hydrogen (secondary N) is 1. The largest absolute Gasteiger partial charge is 0.491 e. The molecule has 126 valence electrons. The number of carbonyl (C=O) groups is 2. The predicted molar refractivity (Wildman–Crippen MR) is 84.6 cm³/mol. The molecule has 2 rings (SSSR count). The maximum absolute atomic E-state index is 13.9. The molecule has 1 heterocycles. The molecule has 0 bridgehead atoms. The van der Waals surface area contributed by atoms with Crippen molar-refractivity contribution in [3.8, 4) is 5.75 Å². The molecule has 0 radical (unpaired) electrons. The van der Waals surface area contributed by atoms with Gasteiger partial charge in [0.2, 0.25) is 11.8 Å². The average Bonchev–Trinajstić information content (AvgIpc) is 2.51. The standard InChI is InChI=1S/C17H23FN2O3/c1-3-23-15-8-7-13(10-14(15)18)12(2)19-16(21)11-20-9-5-4-6-17(20)22/h7-8,10,12H,3-6,9,11H2,1-2H3,(H,19,21). The fourth-order valence-electron chi connectivity index (χ4n) is 2.63. The first-order chi connectivity index (χ1) is 11.0. The van der Waals surface area contributed by atoms with E-state index in [1.54, 1.807) is 30.9 Å². The van der Waals surface area contributed by atoms with E-state index in [0.717, 1.165) is 12.8 Å². The van der Waals surface area contributed by atoms with E-state index >= 15 is 0 Å². The molecule has 1 fully saturated rings. The van der Waals surface area contributed by atoms with Gasteiger partial charge in [0.1, 0.15) is 0 Å². The number of rotatable bonds is 6. The van der Waals surface area contributed by atoms with Crippen molar-refractivity contribution in [1.29, 1.82) is 0 Å². The summed E-state index contributed by atoms with van der Waals surface area (Å²) in [7, 11) is 0. The SMILES string of the molecule is CCOc1ccc(C(C)NC(=O)CN2CCCCC2=O)cc1F. The van der Waals surface area contributed by atoms with Crippen LogP contribution >= 0.6 is 0 Å². The van der Waals surface area contributed by atoms with E-state index in [1.807, 2.05) is 0 Å². The normalized spacial score (nSPS) is 16.1. The van der Waals surface area contributed by atoms with Crippen molar-refractivity contribution in [3.63, 3.8) is 0 Å². The van der Waals surface area contributed by atoms with E-state index in [2.05, 4.69) is 5.32 Å². The zero-order valence-electron chi connectivity index (χ0n) is 13.6. The second-order valence-electron chi connectivity index (χ2n) is 5.68. The summed E-state index contributed by atoms with van der Waals surface area (Å²) >= 11 is 0. The van der Waals surface area contributed by atoms with Crippen LogP contribution in [0.15, 0.2) is 18.2 Å². The predicted octanol–water partition coefficient (Wildman–Crippen LogP) is 2.41. The topological polar surface area (TPSA) is 58.6 Å². The second-order valence-corrected chi connectivity index (χ2v) is 5.68. The third kappa shape index (κ3) is 4.68. The van der Waals surface area contributed by atoms with Gasteiger partial charge in [-0.3, -0.25) is 9.59 Å². The number of hydrogen-bond donors (Lipinski definition) is 1. The van der Waals surface area contributed by atoms with E-state index in [-0.39, 0.29) is 30.2 Å². The Morgan fingerprint density at radius 3 is 2.87 bits per heavy atom. The van der Waals surface area contributed by atoms with Gasteiger partial charge >= 0.3 is 0 Å². The van der Waals surface area contributed by atoms with Gasteiger partial charge in [-0.05, 0) is 44.4 Å².